The van der Waals surface area contributed by atoms with Crippen LogP contribution in [0.25, 0.3) is 11.1 Å². The number of nitriles is 2. The standard InChI is InChI=1S/C13H13N5O.C6H10N2/c1-8(16)11(5-15)9-3-12(19-2)13-10(4-14)6-17-18(13)7-9;7-6-8-4-2-1-3-5-8/h3,5-7,15H,16H2,1-2H3;1-5H2/b11-8+,15-5?;. The van der Waals surface area contributed by atoms with Crippen LogP contribution in [0.3, 0.4) is 0 Å². The number of hydrogen-bond acceptors (Lipinski definition) is 7. The average molecular weight is 365 g/mol. The molecule has 8 nitrogen and oxygen atoms in total. The normalized spacial score (nSPS) is 14.3. The Balaban J connectivity index is 0.000000273. The molecule has 140 valence electrons. The van der Waals surface area contributed by atoms with Crippen molar-refractivity contribution >= 4 is 17.3 Å². The van der Waals surface area contributed by atoms with Gasteiger partial charge >= 0.3 is 0 Å². The van der Waals surface area contributed by atoms with Crippen LogP contribution in [0.4, 0.5) is 0 Å². The Labute approximate surface area is 158 Å². The van der Waals surface area contributed by atoms with Gasteiger partial charge in [0.1, 0.15) is 22.9 Å². The van der Waals surface area contributed by atoms with E-state index < -0.39 is 0 Å². The number of nitrogens with one attached hydrogen (secondary N) is 1. The zero-order chi connectivity index (χ0) is 19.8. The molecule has 0 aliphatic carbocycles. The maximum absolute atomic E-state index is 9.03. The Bertz CT molecular complexity index is 920. The van der Waals surface area contributed by atoms with Gasteiger partial charge in [-0.25, -0.2) is 4.52 Å². The molecule has 3 heterocycles. The number of nitrogens with zero attached hydrogens (tertiary/aromatic N) is 5. The highest BCUT2D eigenvalue weighted by atomic mass is 16.5. The van der Waals surface area contributed by atoms with Gasteiger partial charge in [0.25, 0.3) is 0 Å². The molecule has 0 saturated carbocycles. The van der Waals surface area contributed by atoms with Crippen molar-refractivity contribution in [1.29, 1.82) is 15.9 Å². The Kier molecular flexibility index (Phi) is 6.79. The van der Waals surface area contributed by atoms with Crippen molar-refractivity contribution in [2.45, 2.75) is 26.2 Å². The fourth-order valence-electron chi connectivity index (χ4n) is 2.89. The number of pyridine rings is 1. The molecule has 27 heavy (non-hydrogen) atoms. The molecule has 0 spiro atoms. The molecule has 8 heteroatoms. The minimum absolute atomic E-state index is 0.438. The quantitative estimate of drug-likeness (QED) is 0.635. The molecule has 1 aliphatic heterocycles. The molecule has 0 unspecified atom stereocenters. The first-order chi connectivity index (χ1) is 13.0. The molecule has 0 aromatic carbocycles. The van der Waals surface area contributed by atoms with Crippen molar-refractivity contribution in [3.8, 4) is 18.0 Å². The first-order valence-electron chi connectivity index (χ1n) is 8.63. The van der Waals surface area contributed by atoms with Crippen molar-refractivity contribution < 1.29 is 4.74 Å². The Morgan fingerprint density at radius 2 is 2.04 bits per heavy atom. The fourth-order valence-corrected chi connectivity index (χ4v) is 2.89. The Morgan fingerprint density at radius 1 is 1.33 bits per heavy atom. The SMILES string of the molecule is COc1cc(/C(C=N)=C(\C)N)cn2ncc(C#N)c12.N#CN1CCCCC1. The van der Waals surface area contributed by atoms with Gasteiger partial charge < -0.3 is 20.8 Å². The molecule has 3 rings (SSSR count). The van der Waals surface area contributed by atoms with Crippen LogP contribution in [0.5, 0.6) is 5.75 Å². The lowest BCUT2D eigenvalue weighted by Gasteiger charge is -2.19. The van der Waals surface area contributed by atoms with Crippen LogP contribution in [0.2, 0.25) is 0 Å². The van der Waals surface area contributed by atoms with Crippen LogP contribution in [0.1, 0.15) is 37.3 Å². The van der Waals surface area contributed by atoms with Crippen LogP contribution in [-0.2, 0) is 0 Å². The minimum atomic E-state index is 0.438. The molecule has 1 fully saturated rings. The average Bonchev–Trinajstić information content (AvgIpc) is 3.12. The maximum atomic E-state index is 9.03. The highest BCUT2D eigenvalue weighted by molar-refractivity contribution is 6.09. The number of ether oxygens (including phenoxy) is 1. The van der Waals surface area contributed by atoms with Crippen molar-refractivity contribution in [1.82, 2.24) is 14.5 Å². The van der Waals surface area contributed by atoms with E-state index in [-0.39, 0.29) is 0 Å². The summed E-state index contributed by atoms with van der Waals surface area (Å²) in [5, 5.41) is 28.9. The third-order valence-corrected chi connectivity index (χ3v) is 4.29. The monoisotopic (exact) mass is 365 g/mol. The van der Waals surface area contributed by atoms with E-state index in [0.717, 1.165) is 13.1 Å². The predicted molar refractivity (Wildman–Crippen MR) is 103 cm³/mol. The van der Waals surface area contributed by atoms with Gasteiger partial charge in [0, 0.05) is 42.3 Å². The summed E-state index contributed by atoms with van der Waals surface area (Å²) in [6.07, 6.45) is 10.2. The van der Waals surface area contributed by atoms with Crippen LogP contribution in [0, 0.1) is 28.2 Å². The topological polar surface area (TPSA) is 127 Å². The van der Waals surface area contributed by atoms with Crippen molar-refractivity contribution in [2.75, 3.05) is 20.2 Å². The van der Waals surface area contributed by atoms with Gasteiger partial charge in [-0.05, 0) is 32.3 Å². The number of likely N-dealkylation sites (tertiary alicyclic amines) is 1. The van der Waals surface area contributed by atoms with Gasteiger partial charge in [-0.15, -0.1) is 0 Å². The Morgan fingerprint density at radius 3 is 2.52 bits per heavy atom. The maximum Gasteiger partial charge on any atom is 0.179 e. The van der Waals surface area contributed by atoms with Crippen LogP contribution in [0.15, 0.2) is 24.2 Å². The van der Waals surface area contributed by atoms with Gasteiger partial charge in [0.2, 0.25) is 0 Å². The molecule has 0 atom stereocenters. The molecule has 0 amide bonds. The number of rotatable bonds is 3. The highest BCUT2D eigenvalue weighted by Crippen LogP contribution is 2.27. The zero-order valence-corrected chi connectivity index (χ0v) is 15.6. The van der Waals surface area contributed by atoms with Gasteiger partial charge in [0.05, 0.1) is 13.3 Å². The van der Waals surface area contributed by atoms with Gasteiger partial charge in [0.15, 0.2) is 6.19 Å². The molecular weight excluding hydrogens is 342 g/mol. The first-order valence-corrected chi connectivity index (χ1v) is 8.63. The third kappa shape index (κ3) is 4.56. The zero-order valence-electron chi connectivity index (χ0n) is 15.6. The second kappa shape index (κ2) is 9.25. The van der Waals surface area contributed by atoms with E-state index in [0.29, 0.717) is 33.7 Å². The fraction of sp³-hybridized carbons (Fsp3) is 0.368. The van der Waals surface area contributed by atoms with E-state index in [9.17, 15) is 0 Å². The molecule has 3 N–H and O–H groups in total. The molecule has 2 aromatic rings. The summed E-state index contributed by atoms with van der Waals surface area (Å²) >= 11 is 0. The molecule has 1 aliphatic rings. The van der Waals surface area contributed by atoms with E-state index >= 15 is 0 Å². The smallest absolute Gasteiger partial charge is 0.179 e. The number of allylic oxidation sites excluding steroid dienone is 2. The second-order valence-corrected chi connectivity index (χ2v) is 6.15. The van der Waals surface area contributed by atoms with Gasteiger partial charge in [-0.3, -0.25) is 0 Å². The molecular formula is C19H23N7O. The summed E-state index contributed by atoms with van der Waals surface area (Å²) in [7, 11) is 1.52. The largest absolute Gasteiger partial charge is 0.494 e. The van der Waals surface area contributed by atoms with Crippen molar-refractivity contribution in [3.05, 3.63) is 35.3 Å². The number of aromatic nitrogens is 2. The molecule has 1 saturated heterocycles. The van der Waals surface area contributed by atoms with Crippen LogP contribution in [-0.4, -0.2) is 40.9 Å². The predicted octanol–water partition coefficient (Wildman–Crippen LogP) is 2.51. The highest BCUT2D eigenvalue weighted by Gasteiger charge is 2.13. The molecule has 0 radical (unpaired) electrons. The summed E-state index contributed by atoms with van der Waals surface area (Å²) in [6.45, 7) is 3.69. The van der Waals surface area contributed by atoms with Crippen LogP contribution < -0.4 is 10.5 Å². The summed E-state index contributed by atoms with van der Waals surface area (Å²) in [5.41, 5.74) is 8.63. The van der Waals surface area contributed by atoms with Crippen molar-refractivity contribution in [2.24, 2.45) is 5.73 Å². The van der Waals surface area contributed by atoms with E-state index in [1.165, 1.54) is 38.8 Å². The van der Waals surface area contributed by atoms with Crippen LogP contribution >= 0.6 is 0 Å². The van der Waals surface area contributed by atoms with E-state index in [1.807, 2.05) is 4.90 Å². The van der Waals surface area contributed by atoms with E-state index in [4.69, 9.17) is 26.4 Å². The lowest BCUT2D eigenvalue weighted by Crippen LogP contribution is -2.24. The second-order valence-electron chi connectivity index (χ2n) is 6.15. The lowest BCUT2D eigenvalue weighted by molar-refractivity contribution is 0.322. The van der Waals surface area contributed by atoms with Gasteiger partial charge in [-0.1, -0.05) is 0 Å². The summed E-state index contributed by atoms with van der Waals surface area (Å²) in [6, 6.07) is 3.81. The van der Waals surface area contributed by atoms with E-state index in [2.05, 4.69) is 17.4 Å². The lowest BCUT2D eigenvalue weighted by atomic mass is 10.1. The first kappa shape index (κ1) is 19.8. The molecule has 2 aromatic heterocycles. The summed E-state index contributed by atoms with van der Waals surface area (Å²) in [4.78, 5) is 1.82. The summed E-state index contributed by atoms with van der Waals surface area (Å²) in [5.74, 6) is 0.521. The summed E-state index contributed by atoms with van der Waals surface area (Å²) < 4.78 is 6.85. The number of fused-ring (bicyclic) bond motifs is 1. The number of methoxy groups -OCH3 is 1. The number of piperidine rings is 1. The van der Waals surface area contributed by atoms with Gasteiger partial charge in [-0.2, -0.15) is 15.6 Å². The number of nitrogens with two attached hydrogens (primary N) is 1. The Hall–Kier alpha value is -3.52. The van der Waals surface area contributed by atoms with Crippen molar-refractivity contribution in [3.63, 3.8) is 0 Å². The minimum Gasteiger partial charge on any atom is -0.494 e. The third-order valence-electron chi connectivity index (χ3n) is 4.29. The molecule has 0 bridgehead atoms. The number of hydrogen-bond donors (Lipinski definition) is 2. The van der Waals surface area contributed by atoms with E-state index in [1.54, 1.807) is 23.7 Å².